The number of hydrogen-bond donors (Lipinski definition) is 1. The number of hydrogen-bond acceptors (Lipinski definition) is 11. The lowest BCUT2D eigenvalue weighted by Gasteiger charge is -2.35. The van der Waals surface area contributed by atoms with Crippen molar-refractivity contribution in [2.75, 3.05) is 50.6 Å². The second-order valence-electron chi connectivity index (χ2n) is 15.2. The molecule has 13 heteroatoms. The number of carbonyl (C=O) groups is 1. The van der Waals surface area contributed by atoms with E-state index in [-0.39, 0.29) is 23.4 Å². The molecule has 1 heterocycles. The highest BCUT2D eigenvalue weighted by atomic mass is 32.2. The number of esters is 1. The Bertz CT molecular complexity index is 1850. The fraction of sp³-hybridized carbons (Fsp3) is 0.596. The number of rotatable bonds is 29. The molecule has 2 atom stereocenters. The number of nitrogens with one attached hydrogen (secondary N) is 1. The van der Waals surface area contributed by atoms with Crippen molar-refractivity contribution in [3.63, 3.8) is 0 Å². The van der Waals surface area contributed by atoms with Gasteiger partial charge in [0, 0.05) is 29.7 Å². The Morgan fingerprint density at radius 2 is 1.13 bits per heavy atom. The van der Waals surface area contributed by atoms with Crippen LogP contribution in [0.25, 0.3) is 0 Å². The number of unbranched alkanes of at least 4 members (excludes halogenated alkanes) is 6. The zero-order valence-corrected chi connectivity index (χ0v) is 37.8. The van der Waals surface area contributed by atoms with E-state index in [9.17, 15) is 13.2 Å². The Balaban J connectivity index is 1.86. The van der Waals surface area contributed by atoms with E-state index in [1.807, 2.05) is 31.2 Å². The van der Waals surface area contributed by atoms with Crippen LogP contribution in [-0.2, 0) is 21.2 Å². The monoisotopic (exact) mass is 855 g/mol. The van der Waals surface area contributed by atoms with Gasteiger partial charge in [0.25, 0.3) is 0 Å². The molecule has 60 heavy (non-hydrogen) atoms. The van der Waals surface area contributed by atoms with Gasteiger partial charge in [-0.25, -0.2) is 13.2 Å². The zero-order chi connectivity index (χ0) is 43.3. The maximum Gasteiger partial charge on any atom is 0.338 e. The summed E-state index contributed by atoms with van der Waals surface area (Å²) in [5.41, 5.74) is 1.87. The Labute approximate surface area is 359 Å². The molecule has 0 saturated heterocycles. The molecule has 3 aromatic carbocycles. The summed E-state index contributed by atoms with van der Waals surface area (Å²) in [5, 5.41) is 0. The lowest BCUT2D eigenvalue weighted by molar-refractivity contribution is -0.0190. The maximum absolute atomic E-state index is 14.3. The Morgan fingerprint density at radius 3 is 1.67 bits per heavy atom. The van der Waals surface area contributed by atoms with Crippen molar-refractivity contribution in [1.82, 2.24) is 0 Å². The van der Waals surface area contributed by atoms with E-state index in [4.69, 9.17) is 37.9 Å². The molecule has 0 bridgehead atoms. The molecule has 1 N–H and O–H groups in total. The minimum absolute atomic E-state index is 0.191. The van der Waals surface area contributed by atoms with Gasteiger partial charge in [-0.3, -0.25) is 4.72 Å². The fourth-order valence-corrected chi connectivity index (χ4v) is 6.92. The van der Waals surface area contributed by atoms with E-state index in [1.54, 1.807) is 0 Å². The van der Waals surface area contributed by atoms with Gasteiger partial charge in [0.2, 0.25) is 15.8 Å². The first-order valence-corrected chi connectivity index (χ1v) is 24.1. The summed E-state index contributed by atoms with van der Waals surface area (Å²) in [7, 11) is -3.62. The number of benzene rings is 3. The first-order chi connectivity index (χ1) is 29.0. The first kappa shape index (κ1) is 48.1. The molecule has 0 spiro atoms. The maximum atomic E-state index is 14.3. The van der Waals surface area contributed by atoms with E-state index in [0.29, 0.717) is 79.7 Å². The summed E-state index contributed by atoms with van der Waals surface area (Å²) in [6.07, 6.45) is 10.4. The van der Waals surface area contributed by atoms with Crippen molar-refractivity contribution in [3.05, 3.63) is 59.2 Å². The van der Waals surface area contributed by atoms with E-state index in [1.165, 1.54) is 18.2 Å². The predicted octanol–water partition coefficient (Wildman–Crippen LogP) is 11.0. The van der Waals surface area contributed by atoms with Crippen LogP contribution in [-0.4, -0.2) is 66.4 Å². The van der Waals surface area contributed by atoms with Crippen LogP contribution in [0.3, 0.4) is 0 Å². The van der Waals surface area contributed by atoms with E-state index >= 15 is 0 Å². The topological polar surface area (TPSA) is 137 Å². The van der Waals surface area contributed by atoms with Crippen molar-refractivity contribution in [3.8, 4) is 40.2 Å². The number of ether oxygens (including phenoxy) is 8. The Hall–Kier alpha value is -4.52. The lowest BCUT2D eigenvalue weighted by Crippen LogP contribution is -2.35. The molecule has 1 aliphatic rings. The van der Waals surface area contributed by atoms with Gasteiger partial charge >= 0.3 is 5.97 Å². The summed E-state index contributed by atoms with van der Waals surface area (Å²) in [4.78, 5) is 14.3. The van der Waals surface area contributed by atoms with Crippen molar-refractivity contribution in [1.29, 1.82) is 0 Å². The van der Waals surface area contributed by atoms with E-state index in [0.717, 1.165) is 88.9 Å². The van der Waals surface area contributed by atoms with Crippen LogP contribution < -0.4 is 37.9 Å². The second kappa shape index (κ2) is 25.3. The molecule has 0 fully saturated rings. The number of sulfonamides is 1. The molecule has 12 nitrogen and oxygen atoms in total. The largest absolute Gasteiger partial charge is 0.493 e. The molecule has 0 amide bonds. The molecule has 3 aromatic rings. The minimum atomic E-state index is -3.62. The highest BCUT2D eigenvalue weighted by Crippen LogP contribution is 2.47. The number of anilines is 1. The standard InChI is InChI=1S/C47H69NO11S/c1-8-14-22-52-36-31-39(53-23-15-9-2)37-33-44(59-47(49)34-20-21-38(48-60(7,50)51)41(28-34)54-24-16-10-3)45(58-40(37)32-36)35-29-42(55-25-17-11-4)46(57-27-19-13-6)43(30-35)56-26-18-12-5/h20-21,28-32,44-45,48H,8-19,22-27,33H2,1-7H3/t44-,45+/m1/s1. The second-order valence-corrected chi connectivity index (χ2v) is 17.0. The van der Waals surface area contributed by atoms with Gasteiger partial charge in [0.05, 0.1) is 57.1 Å². The lowest BCUT2D eigenvalue weighted by atomic mass is 9.93. The molecular weight excluding hydrogens is 787 g/mol. The van der Waals surface area contributed by atoms with Crippen molar-refractivity contribution in [2.24, 2.45) is 0 Å². The van der Waals surface area contributed by atoms with Crippen molar-refractivity contribution < 1.29 is 51.1 Å². The third-order valence-corrected chi connectivity index (χ3v) is 10.4. The molecule has 4 rings (SSSR count). The summed E-state index contributed by atoms with van der Waals surface area (Å²) in [6.45, 7) is 15.5. The quantitative estimate of drug-likeness (QED) is 0.0527. The minimum Gasteiger partial charge on any atom is -0.493 e. The number of carbonyl (C=O) groups excluding carboxylic acids is 1. The average molecular weight is 856 g/mol. The molecule has 0 unspecified atom stereocenters. The molecule has 0 aromatic heterocycles. The van der Waals surface area contributed by atoms with Crippen LogP contribution in [0.1, 0.15) is 146 Å². The highest BCUT2D eigenvalue weighted by Gasteiger charge is 2.38. The van der Waals surface area contributed by atoms with Gasteiger partial charge in [0.1, 0.15) is 29.1 Å². The molecule has 334 valence electrons. The molecule has 0 aliphatic carbocycles. The van der Waals surface area contributed by atoms with Crippen LogP contribution in [0.15, 0.2) is 42.5 Å². The fourth-order valence-electron chi connectivity index (χ4n) is 6.36. The predicted molar refractivity (Wildman–Crippen MR) is 236 cm³/mol. The normalized spacial score (nSPS) is 14.7. The van der Waals surface area contributed by atoms with Crippen molar-refractivity contribution in [2.45, 2.75) is 137 Å². The summed E-state index contributed by atoms with van der Waals surface area (Å²) < 4.78 is 78.0. The molecule has 0 radical (unpaired) electrons. The third-order valence-electron chi connectivity index (χ3n) is 9.81. The van der Waals surface area contributed by atoms with Gasteiger partial charge < -0.3 is 37.9 Å². The van der Waals surface area contributed by atoms with Gasteiger partial charge in [-0.2, -0.15) is 0 Å². The average Bonchev–Trinajstić information content (AvgIpc) is 3.22. The number of fused-ring (bicyclic) bond motifs is 1. The van der Waals surface area contributed by atoms with Gasteiger partial charge in [-0.05, 0) is 68.9 Å². The molecule has 1 aliphatic heterocycles. The van der Waals surface area contributed by atoms with Crippen LogP contribution in [0.2, 0.25) is 0 Å². The summed E-state index contributed by atoms with van der Waals surface area (Å²) >= 11 is 0. The highest BCUT2D eigenvalue weighted by molar-refractivity contribution is 7.92. The van der Waals surface area contributed by atoms with E-state index < -0.39 is 28.2 Å². The van der Waals surface area contributed by atoms with Crippen LogP contribution in [0.4, 0.5) is 5.69 Å². The molecule has 0 saturated carbocycles. The smallest absolute Gasteiger partial charge is 0.338 e. The third kappa shape index (κ3) is 14.9. The van der Waals surface area contributed by atoms with Gasteiger partial charge in [-0.15, -0.1) is 0 Å². The zero-order valence-electron chi connectivity index (χ0n) is 37.0. The van der Waals surface area contributed by atoms with Crippen LogP contribution in [0.5, 0.6) is 40.2 Å². The summed E-state index contributed by atoms with van der Waals surface area (Å²) in [6, 6.07) is 12.1. The SMILES string of the molecule is CCCCOc1cc(OCCCC)c2c(c1)O[C@@H](c1cc(OCCCC)c(OCCCC)c(OCCCC)c1)[C@H](OC(=O)c1ccc(NS(C)(=O)=O)c(OCCCC)c1)C2. The first-order valence-electron chi connectivity index (χ1n) is 22.2. The summed E-state index contributed by atoms with van der Waals surface area (Å²) in [5.74, 6) is 3.02. The van der Waals surface area contributed by atoms with Crippen molar-refractivity contribution >= 4 is 21.7 Å². The Morgan fingerprint density at radius 1 is 0.633 bits per heavy atom. The van der Waals surface area contributed by atoms with Gasteiger partial charge in [0.15, 0.2) is 17.6 Å². The van der Waals surface area contributed by atoms with Crippen LogP contribution >= 0.6 is 0 Å². The molecular formula is C47H69NO11S. The van der Waals surface area contributed by atoms with Gasteiger partial charge in [-0.1, -0.05) is 80.1 Å². The Kier molecular flexibility index (Phi) is 20.3. The van der Waals surface area contributed by atoms with E-state index in [2.05, 4.69) is 39.3 Å². The van der Waals surface area contributed by atoms with Crippen LogP contribution in [0, 0.1) is 0 Å².